The lowest BCUT2D eigenvalue weighted by Gasteiger charge is -2.10. The lowest BCUT2D eigenvalue weighted by atomic mass is 9.98. The van der Waals surface area contributed by atoms with Crippen molar-refractivity contribution in [1.82, 2.24) is 0 Å². The minimum absolute atomic E-state index is 0.460. The minimum Gasteiger partial charge on any atom is -0.497 e. The monoisotopic (exact) mass is 258 g/mol. The molecular weight excluding hydrogens is 240 g/mol. The third kappa shape index (κ3) is 3.03. The van der Waals surface area contributed by atoms with E-state index in [-0.39, 0.29) is 0 Å². The number of carbonyl (C=O) groups excluding carboxylic acids is 1. The van der Waals surface area contributed by atoms with Crippen molar-refractivity contribution < 1.29 is 9.53 Å². The molecule has 2 rings (SSSR count). The van der Waals surface area contributed by atoms with Gasteiger partial charge in [-0.2, -0.15) is 0 Å². The Hall–Kier alpha value is -2.07. The molecule has 0 aliphatic carbocycles. The molecule has 4 heteroatoms. The van der Waals surface area contributed by atoms with Gasteiger partial charge in [-0.15, -0.1) is 0 Å². The van der Waals surface area contributed by atoms with Crippen LogP contribution in [0.25, 0.3) is 10.8 Å². The highest BCUT2D eigenvalue weighted by Crippen LogP contribution is 2.25. The number of nitrogens with two attached hydrogens (primary N) is 2. The van der Waals surface area contributed by atoms with Crippen LogP contribution in [-0.2, 0) is 11.2 Å². The van der Waals surface area contributed by atoms with Crippen molar-refractivity contribution in [3.05, 3.63) is 42.0 Å². The highest BCUT2D eigenvalue weighted by Gasteiger charge is 2.10. The Morgan fingerprint density at radius 1 is 1.32 bits per heavy atom. The van der Waals surface area contributed by atoms with Gasteiger partial charge in [-0.25, -0.2) is 0 Å². The molecule has 4 N–H and O–H groups in total. The number of amides is 1. The molecular formula is C15H18N2O2. The number of ether oxygens (including phenoxy) is 1. The molecule has 4 nitrogen and oxygen atoms in total. The molecule has 0 aliphatic rings. The maximum absolute atomic E-state index is 11.0. The summed E-state index contributed by atoms with van der Waals surface area (Å²) in [5.74, 6) is 0.358. The molecule has 0 aromatic heterocycles. The average Bonchev–Trinajstić information content (AvgIpc) is 2.43. The zero-order chi connectivity index (χ0) is 13.8. The van der Waals surface area contributed by atoms with Gasteiger partial charge in [0.15, 0.2) is 0 Å². The molecule has 100 valence electrons. The van der Waals surface area contributed by atoms with Crippen molar-refractivity contribution in [3.63, 3.8) is 0 Å². The van der Waals surface area contributed by atoms with Gasteiger partial charge in [-0.1, -0.05) is 24.3 Å². The van der Waals surface area contributed by atoms with E-state index >= 15 is 0 Å². The second-order valence-electron chi connectivity index (χ2n) is 4.55. The van der Waals surface area contributed by atoms with Crippen molar-refractivity contribution >= 4 is 16.7 Å². The van der Waals surface area contributed by atoms with E-state index in [4.69, 9.17) is 16.2 Å². The van der Waals surface area contributed by atoms with Gasteiger partial charge in [0.25, 0.3) is 0 Å². The van der Waals surface area contributed by atoms with Crippen molar-refractivity contribution in [2.45, 2.75) is 18.9 Å². The fourth-order valence-electron chi connectivity index (χ4n) is 2.11. The number of carbonyl (C=O) groups is 1. The van der Waals surface area contributed by atoms with Gasteiger partial charge in [-0.05, 0) is 41.3 Å². The number of primary amides is 1. The van der Waals surface area contributed by atoms with Crippen LogP contribution in [0.3, 0.4) is 0 Å². The highest BCUT2D eigenvalue weighted by atomic mass is 16.5. The van der Waals surface area contributed by atoms with Crippen LogP contribution in [-0.4, -0.2) is 19.1 Å². The molecule has 0 fully saturated rings. The van der Waals surface area contributed by atoms with E-state index in [0.29, 0.717) is 12.8 Å². The molecule has 0 saturated heterocycles. The maximum atomic E-state index is 11.0. The molecule has 0 radical (unpaired) electrons. The van der Waals surface area contributed by atoms with E-state index in [2.05, 4.69) is 0 Å². The third-order valence-corrected chi connectivity index (χ3v) is 3.27. The summed E-state index contributed by atoms with van der Waals surface area (Å²) >= 11 is 0. The Bertz CT molecular complexity index is 596. The first-order valence-corrected chi connectivity index (χ1v) is 6.22. The second-order valence-corrected chi connectivity index (χ2v) is 4.55. The predicted octanol–water partition coefficient (Wildman–Crippen LogP) is 1.59. The third-order valence-electron chi connectivity index (χ3n) is 3.27. The summed E-state index contributed by atoms with van der Waals surface area (Å²) in [6.07, 6.45) is 1.26. The van der Waals surface area contributed by atoms with Gasteiger partial charge >= 0.3 is 0 Å². The van der Waals surface area contributed by atoms with E-state index in [1.807, 2.05) is 36.4 Å². The van der Waals surface area contributed by atoms with Crippen LogP contribution < -0.4 is 16.2 Å². The number of aryl methyl sites for hydroxylation is 1. The first kappa shape index (κ1) is 13.4. The van der Waals surface area contributed by atoms with Crippen LogP contribution >= 0.6 is 0 Å². The van der Waals surface area contributed by atoms with Crippen molar-refractivity contribution in [2.75, 3.05) is 7.11 Å². The summed E-state index contributed by atoms with van der Waals surface area (Å²) in [5.41, 5.74) is 12.0. The van der Waals surface area contributed by atoms with Gasteiger partial charge < -0.3 is 16.2 Å². The fourth-order valence-corrected chi connectivity index (χ4v) is 2.11. The molecule has 0 bridgehead atoms. The first-order valence-electron chi connectivity index (χ1n) is 6.22. The van der Waals surface area contributed by atoms with Crippen molar-refractivity contribution in [2.24, 2.45) is 11.5 Å². The van der Waals surface area contributed by atoms with Crippen LogP contribution in [0.2, 0.25) is 0 Å². The molecule has 19 heavy (non-hydrogen) atoms. The maximum Gasteiger partial charge on any atom is 0.234 e. The Balaban J connectivity index is 2.29. The van der Waals surface area contributed by atoms with E-state index in [9.17, 15) is 4.79 Å². The summed E-state index contributed by atoms with van der Waals surface area (Å²) in [5, 5.41) is 2.27. The molecule has 0 spiro atoms. The molecule has 0 saturated carbocycles. The lowest BCUT2D eigenvalue weighted by Crippen LogP contribution is -2.36. The molecule has 2 aromatic carbocycles. The molecule has 0 aliphatic heterocycles. The van der Waals surface area contributed by atoms with E-state index in [0.717, 1.165) is 22.1 Å². The molecule has 2 aromatic rings. The summed E-state index contributed by atoms with van der Waals surface area (Å²) in [6.45, 7) is 0. The lowest BCUT2D eigenvalue weighted by molar-refractivity contribution is -0.119. The Morgan fingerprint density at radius 3 is 2.79 bits per heavy atom. The zero-order valence-electron chi connectivity index (χ0n) is 10.9. The van der Waals surface area contributed by atoms with Gasteiger partial charge in [-0.3, -0.25) is 4.79 Å². The molecule has 0 heterocycles. The quantitative estimate of drug-likeness (QED) is 0.855. The van der Waals surface area contributed by atoms with E-state index in [1.165, 1.54) is 0 Å². The van der Waals surface area contributed by atoms with E-state index < -0.39 is 11.9 Å². The van der Waals surface area contributed by atoms with Crippen LogP contribution in [0, 0.1) is 0 Å². The van der Waals surface area contributed by atoms with Crippen LogP contribution in [0.1, 0.15) is 12.0 Å². The summed E-state index contributed by atoms with van der Waals surface area (Å²) in [4.78, 5) is 11.0. The van der Waals surface area contributed by atoms with Crippen LogP contribution in [0.15, 0.2) is 36.4 Å². The minimum atomic E-state index is -0.596. The Kier molecular flexibility index (Phi) is 4.02. The second kappa shape index (κ2) is 5.71. The SMILES string of the molecule is COc1ccc2cccc(CCC(N)C(N)=O)c2c1. The number of rotatable bonds is 5. The predicted molar refractivity (Wildman–Crippen MR) is 76.0 cm³/mol. The number of hydrogen-bond acceptors (Lipinski definition) is 3. The molecule has 1 atom stereocenters. The Morgan fingerprint density at radius 2 is 2.11 bits per heavy atom. The normalized spacial score (nSPS) is 12.3. The molecule has 1 amide bonds. The summed E-state index contributed by atoms with van der Waals surface area (Å²) < 4.78 is 5.24. The largest absolute Gasteiger partial charge is 0.497 e. The zero-order valence-corrected chi connectivity index (χ0v) is 10.9. The fraction of sp³-hybridized carbons (Fsp3) is 0.267. The van der Waals surface area contributed by atoms with Gasteiger partial charge in [0.1, 0.15) is 5.75 Å². The van der Waals surface area contributed by atoms with Gasteiger partial charge in [0.05, 0.1) is 13.2 Å². The smallest absolute Gasteiger partial charge is 0.234 e. The summed E-state index contributed by atoms with van der Waals surface area (Å²) in [7, 11) is 1.65. The standard InChI is InChI=1S/C15H18N2O2/c1-19-12-7-5-10-3-2-4-11(13(10)9-12)6-8-14(16)15(17)18/h2-5,7,9,14H,6,8,16H2,1H3,(H2,17,18). The van der Waals surface area contributed by atoms with Crippen molar-refractivity contribution in [1.29, 1.82) is 0 Å². The first-order chi connectivity index (χ1) is 9.11. The summed E-state index contributed by atoms with van der Waals surface area (Å²) in [6, 6.07) is 11.4. The topological polar surface area (TPSA) is 78.3 Å². The Labute approximate surface area is 112 Å². The van der Waals surface area contributed by atoms with Gasteiger partial charge in [0.2, 0.25) is 5.91 Å². The number of benzene rings is 2. The number of hydrogen-bond donors (Lipinski definition) is 2. The van der Waals surface area contributed by atoms with Gasteiger partial charge in [0, 0.05) is 0 Å². The van der Waals surface area contributed by atoms with Crippen molar-refractivity contribution in [3.8, 4) is 5.75 Å². The van der Waals surface area contributed by atoms with Crippen LogP contribution in [0.4, 0.5) is 0 Å². The number of methoxy groups -OCH3 is 1. The van der Waals surface area contributed by atoms with E-state index in [1.54, 1.807) is 7.11 Å². The highest BCUT2D eigenvalue weighted by molar-refractivity contribution is 5.87. The van der Waals surface area contributed by atoms with Crippen LogP contribution in [0.5, 0.6) is 5.75 Å². The number of fused-ring (bicyclic) bond motifs is 1. The molecule has 1 unspecified atom stereocenters. The average molecular weight is 258 g/mol.